The van der Waals surface area contributed by atoms with Crippen LogP contribution in [0.15, 0.2) is 28.5 Å². The zero-order valence-corrected chi connectivity index (χ0v) is 12.4. The van der Waals surface area contributed by atoms with Gasteiger partial charge in [0.25, 0.3) is 5.56 Å². The molecule has 3 heterocycles. The number of hydrogen-bond acceptors (Lipinski definition) is 4. The summed E-state index contributed by atoms with van der Waals surface area (Å²) in [4.78, 5) is 32.2. The summed E-state index contributed by atoms with van der Waals surface area (Å²) in [5, 5.41) is 8.68. The molecule has 2 aliphatic rings. The molecule has 0 fully saturated rings. The smallest absolute Gasteiger partial charge is 0.270 e. The molecule has 1 unspecified atom stereocenters. The second kappa shape index (κ2) is 4.22. The molecule has 4 N–H and O–H groups in total. The van der Waals surface area contributed by atoms with E-state index in [1.807, 2.05) is 0 Å². The first kappa shape index (κ1) is 13.1. The SMILES string of the molecule is CC1(C)CC(=O)C2=C(C1)Nc1[nH][nH]c(=O)c1C2c1ncc[nH]1. The standard InChI is InChI=1S/C15H17N5O2/c1-15(2)5-7-9(8(21)6-15)10(12-16-3-4-17-12)11-13(18-7)19-20-14(11)22/h3-4,10H,5-6H2,1-2H3,(H,16,17)(H3,18,19,20,22). The maximum Gasteiger partial charge on any atom is 0.270 e. The van der Waals surface area contributed by atoms with Gasteiger partial charge in [0.2, 0.25) is 0 Å². The fourth-order valence-corrected chi connectivity index (χ4v) is 3.53. The van der Waals surface area contributed by atoms with Crippen LogP contribution in [0.5, 0.6) is 0 Å². The molecule has 4 rings (SSSR count). The number of nitrogens with zero attached hydrogens (tertiary/aromatic N) is 1. The monoisotopic (exact) mass is 299 g/mol. The van der Waals surface area contributed by atoms with Crippen molar-refractivity contribution in [1.29, 1.82) is 0 Å². The summed E-state index contributed by atoms with van der Waals surface area (Å²) in [5.41, 5.74) is 1.73. The van der Waals surface area contributed by atoms with Gasteiger partial charge in [0.15, 0.2) is 5.78 Å². The van der Waals surface area contributed by atoms with Gasteiger partial charge in [-0.3, -0.25) is 19.8 Å². The van der Waals surface area contributed by atoms with Gasteiger partial charge >= 0.3 is 0 Å². The fraction of sp³-hybridized carbons (Fsp3) is 0.400. The molecular formula is C15H17N5O2. The lowest BCUT2D eigenvalue weighted by atomic mass is 9.70. The predicted molar refractivity (Wildman–Crippen MR) is 80.5 cm³/mol. The van der Waals surface area contributed by atoms with Crippen molar-refractivity contribution in [1.82, 2.24) is 20.2 Å². The third kappa shape index (κ3) is 1.78. The number of nitrogens with one attached hydrogen (secondary N) is 4. The van der Waals surface area contributed by atoms with Gasteiger partial charge in [-0.15, -0.1) is 0 Å². The zero-order chi connectivity index (χ0) is 15.5. The van der Waals surface area contributed by atoms with Gasteiger partial charge in [0.1, 0.15) is 11.6 Å². The van der Waals surface area contributed by atoms with E-state index in [0.29, 0.717) is 29.2 Å². The number of H-pyrrole nitrogens is 3. The van der Waals surface area contributed by atoms with Crippen molar-refractivity contribution in [3.63, 3.8) is 0 Å². The van der Waals surface area contributed by atoms with Crippen molar-refractivity contribution in [2.75, 3.05) is 5.32 Å². The minimum absolute atomic E-state index is 0.0754. The van der Waals surface area contributed by atoms with Crippen molar-refractivity contribution in [2.24, 2.45) is 5.41 Å². The van der Waals surface area contributed by atoms with Crippen LogP contribution in [0.1, 0.15) is 44.0 Å². The van der Waals surface area contributed by atoms with Gasteiger partial charge in [0.05, 0.1) is 11.5 Å². The lowest BCUT2D eigenvalue weighted by Crippen LogP contribution is -2.35. The van der Waals surface area contributed by atoms with E-state index in [-0.39, 0.29) is 16.8 Å². The molecule has 0 aromatic carbocycles. The van der Waals surface area contributed by atoms with Crippen LogP contribution in [-0.4, -0.2) is 25.9 Å². The highest BCUT2D eigenvalue weighted by Gasteiger charge is 2.43. The Labute approximate surface area is 126 Å². The summed E-state index contributed by atoms with van der Waals surface area (Å²) in [6, 6.07) is 0. The van der Waals surface area contributed by atoms with Gasteiger partial charge in [-0.25, -0.2) is 4.98 Å². The number of anilines is 1. The average molecular weight is 299 g/mol. The number of ketones is 1. The maximum atomic E-state index is 12.7. The lowest BCUT2D eigenvalue weighted by Gasteiger charge is -2.37. The normalized spacial score (nSPS) is 23.0. The van der Waals surface area contributed by atoms with Crippen molar-refractivity contribution < 1.29 is 4.79 Å². The van der Waals surface area contributed by atoms with Crippen LogP contribution >= 0.6 is 0 Å². The lowest BCUT2D eigenvalue weighted by molar-refractivity contribution is -0.118. The number of Topliss-reactive ketones (excluding diaryl/α,β-unsaturated/α-hetero) is 1. The van der Waals surface area contributed by atoms with Crippen molar-refractivity contribution >= 4 is 11.6 Å². The third-order valence-corrected chi connectivity index (χ3v) is 4.38. The minimum Gasteiger partial charge on any atom is -0.348 e. The highest BCUT2D eigenvalue weighted by atomic mass is 16.1. The number of carbonyl (C=O) groups is 1. The Bertz CT molecular complexity index is 838. The molecule has 7 heteroatoms. The van der Waals surface area contributed by atoms with Crippen LogP contribution in [-0.2, 0) is 4.79 Å². The summed E-state index contributed by atoms with van der Waals surface area (Å²) >= 11 is 0. The number of carbonyl (C=O) groups excluding carboxylic acids is 1. The fourth-order valence-electron chi connectivity index (χ4n) is 3.53. The summed E-state index contributed by atoms with van der Waals surface area (Å²) < 4.78 is 0. The molecule has 2 aromatic rings. The van der Waals surface area contributed by atoms with Crippen LogP contribution in [0.4, 0.5) is 5.82 Å². The van der Waals surface area contributed by atoms with Gasteiger partial charge in [-0.1, -0.05) is 13.8 Å². The van der Waals surface area contributed by atoms with E-state index in [9.17, 15) is 9.59 Å². The quantitative estimate of drug-likeness (QED) is 0.642. The van der Waals surface area contributed by atoms with Gasteiger partial charge in [-0.05, 0) is 11.8 Å². The molecule has 0 saturated carbocycles. The number of fused-ring (bicyclic) bond motifs is 1. The molecular weight excluding hydrogens is 282 g/mol. The minimum atomic E-state index is -0.445. The van der Waals surface area contributed by atoms with Crippen LogP contribution in [0.2, 0.25) is 0 Å². The molecule has 0 amide bonds. The number of aromatic amines is 3. The van der Waals surface area contributed by atoms with E-state index < -0.39 is 5.92 Å². The molecule has 2 aromatic heterocycles. The Kier molecular flexibility index (Phi) is 2.52. The Hall–Kier alpha value is -2.57. The van der Waals surface area contributed by atoms with E-state index in [4.69, 9.17) is 0 Å². The average Bonchev–Trinajstić information content (AvgIpc) is 3.05. The van der Waals surface area contributed by atoms with Crippen LogP contribution in [0.25, 0.3) is 0 Å². The molecule has 1 aliphatic heterocycles. The van der Waals surface area contributed by atoms with Crippen LogP contribution in [0.3, 0.4) is 0 Å². The first-order chi connectivity index (χ1) is 10.5. The molecule has 0 spiro atoms. The van der Waals surface area contributed by atoms with E-state index >= 15 is 0 Å². The second-order valence-electron chi connectivity index (χ2n) is 6.73. The number of hydrogen-bond donors (Lipinski definition) is 4. The predicted octanol–water partition coefficient (Wildman–Crippen LogP) is 1.63. The topological polar surface area (TPSA) is 106 Å². The largest absolute Gasteiger partial charge is 0.348 e. The molecule has 7 nitrogen and oxygen atoms in total. The summed E-state index contributed by atoms with van der Waals surface area (Å²) in [6.45, 7) is 4.15. The Morgan fingerprint density at radius 1 is 1.23 bits per heavy atom. The summed E-state index contributed by atoms with van der Waals surface area (Å²) in [7, 11) is 0. The zero-order valence-electron chi connectivity index (χ0n) is 12.4. The first-order valence-electron chi connectivity index (χ1n) is 7.29. The molecule has 1 aliphatic carbocycles. The number of aromatic nitrogens is 4. The second-order valence-corrected chi connectivity index (χ2v) is 6.73. The molecule has 114 valence electrons. The van der Waals surface area contributed by atoms with E-state index in [2.05, 4.69) is 39.3 Å². The highest BCUT2D eigenvalue weighted by Crippen LogP contribution is 2.46. The molecule has 0 saturated heterocycles. The molecule has 1 atom stereocenters. The number of allylic oxidation sites excluding steroid dienone is 2. The summed E-state index contributed by atoms with van der Waals surface area (Å²) in [5.74, 6) is 0.871. The van der Waals surface area contributed by atoms with Crippen LogP contribution in [0, 0.1) is 5.41 Å². The number of rotatable bonds is 1. The Balaban J connectivity index is 1.96. The van der Waals surface area contributed by atoms with Crippen molar-refractivity contribution in [3.8, 4) is 0 Å². The molecule has 22 heavy (non-hydrogen) atoms. The molecule has 0 bridgehead atoms. The van der Waals surface area contributed by atoms with E-state index in [1.54, 1.807) is 12.4 Å². The van der Waals surface area contributed by atoms with E-state index in [1.165, 1.54) is 0 Å². The maximum absolute atomic E-state index is 12.7. The van der Waals surface area contributed by atoms with Gasteiger partial charge in [0, 0.05) is 30.1 Å². The number of imidazole rings is 1. The molecule has 0 radical (unpaired) electrons. The third-order valence-electron chi connectivity index (χ3n) is 4.38. The summed E-state index contributed by atoms with van der Waals surface area (Å²) in [6.07, 6.45) is 4.57. The van der Waals surface area contributed by atoms with Crippen molar-refractivity contribution in [3.05, 3.63) is 45.4 Å². The van der Waals surface area contributed by atoms with Gasteiger partial charge < -0.3 is 10.3 Å². The highest BCUT2D eigenvalue weighted by molar-refractivity contribution is 6.01. The van der Waals surface area contributed by atoms with Crippen LogP contribution < -0.4 is 10.9 Å². The Morgan fingerprint density at radius 3 is 2.77 bits per heavy atom. The first-order valence-corrected chi connectivity index (χ1v) is 7.29. The van der Waals surface area contributed by atoms with E-state index in [0.717, 1.165) is 12.1 Å². The van der Waals surface area contributed by atoms with Gasteiger partial charge in [-0.2, -0.15) is 0 Å². The van der Waals surface area contributed by atoms with Crippen molar-refractivity contribution in [2.45, 2.75) is 32.6 Å². The Morgan fingerprint density at radius 2 is 2.05 bits per heavy atom.